The van der Waals surface area contributed by atoms with Crippen LogP contribution in [0.2, 0.25) is 5.02 Å². The van der Waals surface area contributed by atoms with E-state index in [-0.39, 0.29) is 23.9 Å². The van der Waals surface area contributed by atoms with Crippen molar-refractivity contribution in [3.05, 3.63) is 88.9 Å². The zero-order valence-electron chi connectivity index (χ0n) is 21.6. The molecule has 0 saturated heterocycles. The fraction of sp³-hybridized carbons (Fsp3) is 0.333. The number of benzene rings is 3. The molecule has 6 nitrogen and oxygen atoms in total. The SMILES string of the molecule is CCNCCCOc1ccc(C(=O)N2c3ccccc3[C@H](N(C(C)=O)c3ccc(Cl)cc3)C[C@@H]2C)cc1. The summed E-state index contributed by atoms with van der Waals surface area (Å²) < 4.78 is 5.81. The van der Waals surface area contributed by atoms with Crippen molar-refractivity contribution in [2.24, 2.45) is 0 Å². The number of nitrogens with zero attached hydrogens (tertiary/aromatic N) is 2. The minimum Gasteiger partial charge on any atom is -0.494 e. The van der Waals surface area contributed by atoms with Gasteiger partial charge < -0.3 is 19.9 Å². The number of amides is 2. The molecule has 0 spiro atoms. The van der Waals surface area contributed by atoms with E-state index in [1.165, 1.54) is 0 Å². The zero-order chi connectivity index (χ0) is 26.4. The predicted octanol–water partition coefficient (Wildman–Crippen LogP) is 6.25. The van der Waals surface area contributed by atoms with Crippen molar-refractivity contribution in [1.82, 2.24) is 5.32 Å². The first-order chi connectivity index (χ1) is 17.9. The topological polar surface area (TPSA) is 61.9 Å². The minimum atomic E-state index is -0.202. The average molecular weight is 520 g/mol. The number of anilines is 2. The fourth-order valence-corrected chi connectivity index (χ4v) is 5.04. The van der Waals surface area contributed by atoms with Crippen LogP contribution in [-0.4, -0.2) is 37.6 Å². The molecule has 1 aliphatic rings. The average Bonchev–Trinajstić information content (AvgIpc) is 2.90. The Morgan fingerprint density at radius 1 is 1.05 bits per heavy atom. The summed E-state index contributed by atoms with van der Waals surface area (Å²) in [6.07, 6.45) is 1.53. The van der Waals surface area contributed by atoms with E-state index in [0.29, 0.717) is 23.6 Å². The van der Waals surface area contributed by atoms with Gasteiger partial charge in [-0.25, -0.2) is 0 Å². The number of ether oxygens (including phenoxy) is 1. The summed E-state index contributed by atoms with van der Waals surface area (Å²) in [7, 11) is 0. The van der Waals surface area contributed by atoms with E-state index < -0.39 is 0 Å². The maximum atomic E-state index is 13.7. The Kier molecular flexibility index (Phi) is 8.85. The molecule has 0 aliphatic carbocycles. The second-order valence-corrected chi connectivity index (χ2v) is 9.72. The molecule has 0 aromatic heterocycles. The summed E-state index contributed by atoms with van der Waals surface area (Å²) in [5, 5.41) is 3.89. The van der Waals surface area contributed by atoms with Crippen LogP contribution in [0.5, 0.6) is 5.75 Å². The quantitative estimate of drug-likeness (QED) is 0.339. The van der Waals surface area contributed by atoms with Gasteiger partial charge in [0.05, 0.1) is 12.6 Å². The number of rotatable bonds is 9. The van der Waals surface area contributed by atoms with Gasteiger partial charge in [0.25, 0.3) is 5.91 Å². The van der Waals surface area contributed by atoms with Crippen LogP contribution in [0.1, 0.15) is 55.6 Å². The summed E-state index contributed by atoms with van der Waals surface area (Å²) in [4.78, 5) is 30.2. The highest BCUT2D eigenvalue weighted by atomic mass is 35.5. The molecule has 2 atom stereocenters. The Morgan fingerprint density at radius 2 is 1.76 bits per heavy atom. The van der Waals surface area contributed by atoms with Crippen LogP contribution in [0.3, 0.4) is 0 Å². The molecule has 0 bridgehead atoms. The highest BCUT2D eigenvalue weighted by molar-refractivity contribution is 6.30. The first kappa shape index (κ1) is 26.7. The summed E-state index contributed by atoms with van der Waals surface area (Å²) in [6, 6.07) is 22.1. The number of nitrogens with one attached hydrogen (secondary N) is 1. The highest BCUT2D eigenvalue weighted by Crippen LogP contribution is 2.42. The van der Waals surface area contributed by atoms with Gasteiger partial charge in [0.15, 0.2) is 0 Å². The van der Waals surface area contributed by atoms with E-state index in [0.717, 1.165) is 42.2 Å². The molecule has 2 amide bonds. The third kappa shape index (κ3) is 6.14. The number of halogens is 1. The van der Waals surface area contributed by atoms with Crippen molar-refractivity contribution in [2.45, 2.75) is 45.7 Å². The molecule has 3 aromatic rings. The van der Waals surface area contributed by atoms with Gasteiger partial charge in [-0.15, -0.1) is 0 Å². The molecule has 0 saturated carbocycles. The second-order valence-electron chi connectivity index (χ2n) is 9.28. The maximum Gasteiger partial charge on any atom is 0.258 e. The van der Waals surface area contributed by atoms with Crippen molar-refractivity contribution in [3.8, 4) is 5.75 Å². The van der Waals surface area contributed by atoms with E-state index in [2.05, 4.69) is 12.2 Å². The zero-order valence-corrected chi connectivity index (χ0v) is 22.4. The van der Waals surface area contributed by atoms with Crippen LogP contribution < -0.4 is 19.9 Å². The molecule has 7 heteroatoms. The van der Waals surface area contributed by atoms with Crippen LogP contribution in [0.4, 0.5) is 11.4 Å². The lowest BCUT2D eigenvalue weighted by atomic mass is 9.89. The number of carbonyl (C=O) groups is 2. The molecule has 1 heterocycles. The summed E-state index contributed by atoms with van der Waals surface area (Å²) in [5.41, 5.74) is 3.14. The third-order valence-electron chi connectivity index (χ3n) is 6.65. The van der Waals surface area contributed by atoms with Crippen LogP contribution in [-0.2, 0) is 4.79 Å². The Morgan fingerprint density at radius 3 is 2.43 bits per heavy atom. The lowest BCUT2D eigenvalue weighted by Crippen LogP contribution is -2.47. The summed E-state index contributed by atoms with van der Waals surface area (Å²) in [5.74, 6) is 0.619. The van der Waals surface area contributed by atoms with E-state index >= 15 is 0 Å². The van der Waals surface area contributed by atoms with Gasteiger partial charge in [-0.05, 0) is 93.0 Å². The molecule has 0 fully saturated rings. The second kappa shape index (κ2) is 12.3. The van der Waals surface area contributed by atoms with Crippen molar-refractivity contribution in [1.29, 1.82) is 0 Å². The van der Waals surface area contributed by atoms with Gasteiger partial charge >= 0.3 is 0 Å². The van der Waals surface area contributed by atoms with Gasteiger partial charge in [-0.3, -0.25) is 9.59 Å². The molecule has 1 aliphatic heterocycles. The normalized spacial score (nSPS) is 16.7. The van der Waals surface area contributed by atoms with Crippen LogP contribution in [0.15, 0.2) is 72.8 Å². The van der Waals surface area contributed by atoms with Gasteiger partial charge in [0, 0.05) is 34.9 Å². The lowest BCUT2D eigenvalue weighted by Gasteiger charge is -2.43. The Balaban J connectivity index is 1.57. The smallest absolute Gasteiger partial charge is 0.258 e. The van der Waals surface area contributed by atoms with Crippen molar-refractivity contribution in [3.63, 3.8) is 0 Å². The standard InChI is InChI=1S/C30H34ClN3O3/c1-4-32-18-7-19-37-26-16-10-23(11-17-26)30(36)33-21(2)20-29(27-8-5-6-9-28(27)33)34(22(3)35)25-14-12-24(31)13-15-25/h5-6,8-17,21,29,32H,4,7,18-20H2,1-3H3/t21-,29+/m0/s1. The Labute approximate surface area is 224 Å². The van der Waals surface area contributed by atoms with Crippen molar-refractivity contribution in [2.75, 3.05) is 29.5 Å². The fourth-order valence-electron chi connectivity index (χ4n) is 4.92. The third-order valence-corrected chi connectivity index (χ3v) is 6.90. The monoisotopic (exact) mass is 519 g/mol. The van der Waals surface area contributed by atoms with E-state index in [1.807, 2.05) is 72.5 Å². The lowest BCUT2D eigenvalue weighted by molar-refractivity contribution is -0.117. The highest BCUT2D eigenvalue weighted by Gasteiger charge is 2.38. The van der Waals surface area contributed by atoms with Gasteiger partial charge in [0.1, 0.15) is 5.75 Å². The number of carbonyl (C=O) groups excluding carboxylic acids is 2. The van der Waals surface area contributed by atoms with Crippen LogP contribution >= 0.6 is 11.6 Å². The van der Waals surface area contributed by atoms with Crippen molar-refractivity contribution < 1.29 is 14.3 Å². The van der Waals surface area contributed by atoms with E-state index in [9.17, 15) is 9.59 Å². The molecule has 1 N–H and O–H groups in total. The first-order valence-electron chi connectivity index (χ1n) is 12.8. The molecule has 0 unspecified atom stereocenters. The molecular weight excluding hydrogens is 486 g/mol. The molecule has 4 rings (SSSR count). The predicted molar refractivity (Wildman–Crippen MR) is 150 cm³/mol. The van der Waals surface area contributed by atoms with Gasteiger partial charge in [-0.1, -0.05) is 36.7 Å². The maximum absolute atomic E-state index is 13.7. The summed E-state index contributed by atoms with van der Waals surface area (Å²) >= 11 is 6.09. The first-order valence-corrected chi connectivity index (χ1v) is 13.2. The van der Waals surface area contributed by atoms with Gasteiger partial charge in [-0.2, -0.15) is 0 Å². The number of hydrogen-bond acceptors (Lipinski definition) is 4. The van der Waals surface area contributed by atoms with Crippen LogP contribution in [0.25, 0.3) is 0 Å². The molecule has 37 heavy (non-hydrogen) atoms. The van der Waals surface area contributed by atoms with E-state index in [4.69, 9.17) is 16.3 Å². The number of para-hydroxylation sites is 1. The minimum absolute atomic E-state index is 0.0600. The molecular formula is C30H34ClN3O3. The summed E-state index contributed by atoms with van der Waals surface area (Å²) in [6.45, 7) is 8.17. The number of hydrogen-bond donors (Lipinski definition) is 1. The molecule has 0 radical (unpaired) electrons. The Bertz CT molecular complexity index is 1210. The Hall–Kier alpha value is -3.35. The van der Waals surface area contributed by atoms with Gasteiger partial charge in [0.2, 0.25) is 5.91 Å². The van der Waals surface area contributed by atoms with Crippen LogP contribution in [0, 0.1) is 0 Å². The van der Waals surface area contributed by atoms with E-state index in [1.54, 1.807) is 24.0 Å². The molecule has 194 valence electrons. The number of fused-ring (bicyclic) bond motifs is 1. The molecule has 3 aromatic carbocycles. The van der Waals surface area contributed by atoms with Crippen molar-refractivity contribution >= 4 is 34.8 Å². The largest absolute Gasteiger partial charge is 0.494 e.